The standard InChI is InChI=1S/C24H18ClF3N2O4/c1-12(2)33-15-6-3-13(4-7-15)19-17(34-18-10-5-14(11-29-18)24(26,27)28)9-8-16-20(19)21(25)22(30-16)23(31)32/h3-12,30H,1-2H3,(H,31,32). The zero-order valence-corrected chi connectivity index (χ0v) is 18.7. The molecular weight excluding hydrogens is 473 g/mol. The topological polar surface area (TPSA) is 84.4 Å². The molecule has 0 atom stereocenters. The van der Waals surface area contributed by atoms with E-state index < -0.39 is 17.7 Å². The van der Waals surface area contributed by atoms with Crippen molar-refractivity contribution in [2.45, 2.75) is 26.1 Å². The summed E-state index contributed by atoms with van der Waals surface area (Å²) in [6.07, 6.45) is -3.88. The average Bonchev–Trinajstić information content (AvgIpc) is 3.11. The Morgan fingerprint density at radius 1 is 1.09 bits per heavy atom. The van der Waals surface area contributed by atoms with E-state index in [0.29, 0.717) is 34.0 Å². The van der Waals surface area contributed by atoms with Crippen molar-refractivity contribution in [2.75, 3.05) is 0 Å². The second kappa shape index (κ2) is 8.90. The molecule has 176 valence electrons. The Balaban J connectivity index is 1.84. The quantitative estimate of drug-likeness (QED) is 0.299. The maximum absolute atomic E-state index is 12.9. The predicted molar refractivity (Wildman–Crippen MR) is 121 cm³/mol. The first-order chi connectivity index (χ1) is 16.0. The molecule has 0 fully saturated rings. The maximum atomic E-state index is 12.9. The van der Waals surface area contributed by atoms with Crippen LogP contribution in [0.1, 0.15) is 29.9 Å². The van der Waals surface area contributed by atoms with Crippen LogP contribution in [-0.4, -0.2) is 27.1 Å². The third-order valence-electron chi connectivity index (χ3n) is 4.87. The summed E-state index contributed by atoms with van der Waals surface area (Å²) in [6, 6.07) is 12.1. The number of hydrogen-bond donors (Lipinski definition) is 2. The molecule has 0 aliphatic carbocycles. The van der Waals surface area contributed by atoms with Gasteiger partial charge in [-0.15, -0.1) is 0 Å². The highest BCUT2D eigenvalue weighted by Crippen LogP contribution is 2.43. The average molecular weight is 491 g/mol. The van der Waals surface area contributed by atoms with E-state index in [0.717, 1.165) is 12.1 Å². The lowest BCUT2D eigenvalue weighted by Crippen LogP contribution is -2.05. The van der Waals surface area contributed by atoms with Crippen LogP contribution < -0.4 is 9.47 Å². The number of fused-ring (bicyclic) bond motifs is 1. The number of hydrogen-bond acceptors (Lipinski definition) is 4. The highest BCUT2D eigenvalue weighted by Gasteiger charge is 2.31. The van der Waals surface area contributed by atoms with E-state index in [2.05, 4.69) is 9.97 Å². The Morgan fingerprint density at radius 3 is 2.35 bits per heavy atom. The van der Waals surface area contributed by atoms with Crippen LogP contribution in [0.2, 0.25) is 5.02 Å². The van der Waals surface area contributed by atoms with E-state index in [9.17, 15) is 23.1 Å². The zero-order chi connectivity index (χ0) is 24.6. The minimum absolute atomic E-state index is 0.0224. The van der Waals surface area contributed by atoms with Crippen molar-refractivity contribution >= 4 is 28.5 Å². The second-order valence-corrected chi connectivity index (χ2v) is 8.03. The van der Waals surface area contributed by atoms with Gasteiger partial charge in [0, 0.05) is 28.7 Å². The summed E-state index contributed by atoms with van der Waals surface area (Å²) in [5.74, 6) is -0.447. The van der Waals surface area contributed by atoms with Gasteiger partial charge in [-0.2, -0.15) is 13.2 Å². The molecule has 4 rings (SSSR count). The van der Waals surface area contributed by atoms with Gasteiger partial charge in [-0.25, -0.2) is 9.78 Å². The molecule has 0 aliphatic rings. The van der Waals surface area contributed by atoms with E-state index in [1.165, 1.54) is 0 Å². The number of nitrogens with one attached hydrogen (secondary N) is 1. The fourth-order valence-electron chi connectivity index (χ4n) is 3.44. The van der Waals surface area contributed by atoms with Crippen LogP contribution in [0.25, 0.3) is 22.0 Å². The van der Waals surface area contributed by atoms with E-state index in [4.69, 9.17) is 21.1 Å². The van der Waals surface area contributed by atoms with Crippen LogP contribution in [0.5, 0.6) is 17.4 Å². The molecule has 0 saturated heterocycles. The van der Waals surface area contributed by atoms with Gasteiger partial charge >= 0.3 is 12.1 Å². The lowest BCUT2D eigenvalue weighted by Gasteiger charge is -2.15. The van der Waals surface area contributed by atoms with E-state index in [-0.39, 0.29) is 28.5 Å². The SMILES string of the molecule is CC(C)Oc1ccc(-c2c(Oc3ccc(C(F)(F)F)cn3)ccc3[nH]c(C(=O)O)c(Cl)c23)cc1. The number of ether oxygens (including phenoxy) is 2. The Labute approximate surface area is 196 Å². The van der Waals surface area contributed by atoms with E-state index >= 15 is 0 Å². The van der Waals surface area contributed by atoms with Crippen LogP contribution in [0.3, 0.4) is 0 Å². The molecule has 6 nitrogen and oxygen atoms in total. The molecule has 10 heteroatoms. The molecule has 34 heavy (non-hydrogen) atoms. The summed E-state index contributed by atoms with van der Waals surface area (Å²) < 4.78 is 50.1. The van der Waals surface area contributed by atoms with Crippen LogP contribution in [0.4, 0.5) is 13.2 Å². The zero-order valence-electron chi connectivity index (χ0n) is 17.9. The Hall–Kier alpha value is -3.72. The predicted octanol–water partition coefficient (Wildman–Crippen LogP) is 7.18. The molecule has 0 aliphatic heterocycles. The number of carboxylic acids is 1. The number of benzene rings is 2. The third-order valence-corrected chi connectivity index (χ3v) is 5.25. The number of nitrogens with zero attached hydrogens (tertiary/aromatic N) is 1. The van der Waals surface area contributed by atoms with Crippen molar-refractivity contribution in [3.05, 3.63) is 71.0 Å². The van der Waals surface area contributed by atoms with Gasteiger partial charge in [0.2, 0.25) is 5.88 Å². The molecule has 0 spiro atoms. The van der Waals surface area contributed by atoms with Crippen molar-refractivity contribution in [1.29, 1.82) is 0 Å². The van der Waals surface area contributed by atoms with Gasteiger partial charge in [0.25, 0.3) is 0 Å². The van der Waals surface area contributed by atoms with Crippen LogP contribution in [-0.2, 0) is 6.18 Å². The minimum Gasteiger partial charge on any atom is -0.491 e. The summed E-state index contributed by atoms with van der Waals surface area (Å²) in [6.45, 7) is 3.79. The second-order valence-electron chi connectivity index (χ2n) is 7.66. The van der Waals surface area contributed by atoms with Crippen LogP contribution in [0.15, 0.2) is 54.7 Å². The van der Waals surface area contributed by atoms with Crippen LogP contribution >= 0.6 is 11.6 Å². The number of halogens is 4. The first-order valence-corrected chi connectivity index (χ1v) is 10.5. The Bertz CT molecular complexity index is 1350. The molecule has 0 unspecified atom stereocenters. The number of pyridine rings is 1. The van der Waals surface area contributed by atoms with Gasteiger partial charge in [0.15, 0.2) is 0 Å². The lowest BCUT2D eigenvalue weighted by molar-refractivity contribution is -0.137. The smallest absolute Gasteiger partial charge is 0.417 e. The van der Waals surface area contributed by atoms with Crippen molar-refractivity contribution in [3.8, 4) is 28.5 Å². The molecule has 2 N–H and O–H groups in total. The third kappa shape index (κ3) is 4.65. The highest BCUT2D eigenvalue weighted by atomic mass is 35.5. The van der Waals surface area contributed by atoms with Gasteiger partial charge in [-0.3, -0.25) is 0 Å². The normalized spacial score (nSPS) is 11.7. The summed E-state index contributed by atoms with van der Waals surface area (Å²) in [5.41, 5.74) is 0.427. The fraction of sp³-hybridized carbons (Fsp3) is 0.167. The van der Waals surface area contributed by atoms with Gasteiger partial charge in [-0.05, 0) is 49.7 Å². The fourth-order valence-corrected chi connectivity index (χ4v) is 3.77. The number of alkyl halides is 3. The largest absolute Gasteiger partial charge is 0.491 e. The van der Waals surface area contributed by atoms with Gasteiger partial charge < -0.3 is 19.6 Å². The minimum atomic E-state index is -4.53. The maximum Gasteiger partial charge on any atom is 0.417 e. The molecule has 2 aromatic carbocycles. The number of aromatic nitrogens is 2. The number of carbonyl (C=O) groups is 1. The van der Waals surface area contributed by atoms with Gasteiger partial charge in [0.1, 0.15) is 17.2 Å². The van der Waals surface area contributed by atoms with E-state index in [1.54, 1.807) is 36.4 Å². The van der Waals surface area contributed by atoms with Crippen molar-refractivity contribution in [1.82, 2.24) is 9.97 Å². The number of H-pyrrole nitrogens is 1. The van der Waals surface area contributed by atoms with Crippen molar-refractivity contribution < 1.29 is 32.5 Å². The highest BCUT2D eigenvalue weighted by molar-refractivity contribution is 6.39. The molecule has 0 amide bonds. The summed E-state index contributed by atoms with van der Waals surface area (Å²) >= 11 is 6.42. The molecule has 2 heterocycles. The van der Waals surface area contributed by atoms with E-state index in [1.807, 2.05) is 13.8 Å². The Morgan fingerprint density at radius 2 is 1.79 bits per heavy atom. The molecule has 4 aromatic rings. The number of carboxylic acid groups (broad SMARTS) is 1. The summed E-state index contributed by atoms with van der Waals surface area (Å²) in [4.78, 5) is 18.1. The van der Waals surface area contributed by atoms with Crippen molar-refractivity contribution in [2.24, 2.45) is 0 Å². The monoisotopic (exact) mass is 490 g/mol. The summed E-state index contributed by atoms with van der Waals surface area (Å²) in [5, 5.41) is 9.85. The number of aromatic amines is 1. The summed E-state index contributed by atoms with van der Waals surface area (Å²) in [7, 11) is 0. The van der Waals surface area contributed by atoms with Crippen LogP contribution in [0, 0.1) is 0 Å². The van der Waals surface area contributed by atoms with Gasteiger partial charge in [-0.1, -0.05) is 23.7 Å². The van der Waals surface area contributed by atoms with Gasteiger partial charge in [0.05, 0.1) is 16.7 Å². The number of aromatic carboxylic acids is 1. The number of rotatable bonds is 6. The molecular formula is C24H18ClF3N2O4. The molecule has 2 aromatic heterocycles. The lowest BCUT2D eigenvalue weighted by atomic mass is 10.00. The Kier molecular flexibility index (Phi) is 6.14. The first kappa shape index (κ1) is 23.4. The molecule has 0 bridgehead atoms. The molecule has 0 radical (unpaired) electrons. The molecule has 0 saturated carbocycles. The van der Waals surface area contributed by atoms with Crippen molar-refractivity contribution in [3.63, 3.8) is 0 Å². The first-order valence-electron chi connectivity index (χ1n) is 10.1.